The van der Waals surface area contributed by atoms with Gasteiger partial charge in [0.2, 0.25) is 0 Å². The molecule has 0 bridgehead atoms. The second-order valence-corrected chi connectivity index (χ2v) is 9.07. The summed E-state index contributed by atoms with van der Waals surface area (Å²) in [5, 5.41) is 4.11. The Balaban J connectivity index is 1.96. The first kappa shape index (κ1) is 19.2. The van der Waals surface area contributed by atoms with Crippen LogP contribution in [0.25, 0.3) is 0 Å². The molecule has 7 heteroatoms. The molecule has 0 saturated heterocycles. The molecule has 0 spiro atoms. The van der Waals surface area contributed by atoms with Gasteiger partial charge in [-0.05, 0) is 0 Å². The fourth-order valence-corrected chi connectivity index (χ4v) is 4.75. The number of ether oxygens (including phenoxy) is 2. The number of aromatic nitrogens is 2. The maximum absolute atomic E-state index is 11.6. The van der Waals surface area contributed by atoms with Gasteiger partial charge in [0.05, 0.1) is 0 Å². The van der Waals surface area contributed by atoms with Crippen molar-refractivity contribution in [1.29, 1.82) is 0 Å². The predicted octanol–water partition coefficient (Wildman–Crippen LogP) is 0.224. The Kier molecular flexibility index (Phi) is 7.09. The van der Waals surface area contributed by atoms with Crippen molar-refractivity contribution in [3.8, 4) is 5.88 Å². The van der Waals surface area contributed by atoms with Gasteiger partial charge in [0, 0.05) is 0 Å². The van der Waals surface area contributed by atoms with Gasteiger partial charge >= 0.3 is 161 Å². The SMILES string of the molecule is C=C[I-]/C(=C\C=C(/C)OC)[C@H]1CC1COc1cc(Br)c(=O)n(C)n1. The minimum absolute atomic E-state index is 0.161. The Bertz CT molecular complexity index is 701. The van der Waals surface area contributed by atoms with Gasteiger partial charge in [0.25, 0.3) is 0 Å². The zero-order valence-corrected chi connectivity index (χ0v) is 17.7. The van der Waals surface area contributed by atoms with E-state index in [1.165, 1.54) is 8.26 Å². The molecule has 1 aliphatic rings. The monoisotopic (exact) mass is 507 g/mol. The van der Waals surface area contributed by atoms with Gasteiger partial charge in [-0.2, -0.15) is 0 Å². The molecule has 1 fully saturated rings. The third-order valence-electron chi connectivity index (χ3n) is 3.72. The van der Waals surface area contributed by atoms with Crippen LogP contribution in [0.4, 0.5) is 0 Å². The predicted molar refractivity (Wildman–Crippen MR) is 93.3 cm³/mol. The molecule has 1 saturated carbocycles. The summed E-state index contributed by atoms with van der Waals surface area (Å²) in [6.45, 7) is 6.43. The number of nitrogens with zero attached hydrogens (tertiary/aromatic N) is 2. The molecular weight excluding hydrogens is 487 g/mol. The number of halogens is 2. The molecule has 0 amide bonds. The fraction of sp³-hybridized carbons (Fsp3) is 0.412. The second-order valence-electron chi connectivity index (χ2n) is 5.47. The zero-order valence-electron chi connectivity index (χ0n) is 14.0. The molecule has 1 aliphatic carbocycles. The van der Waals surface area contributed by atoms with Crippen molar-refractivity contribution in [3.05, 3.63) is 53.0 Å². The van der Waals surface area contributed by atoms with E-state index in [1.807, 2.05) is 17.1 Å². The number of hydrogen-bond acceptors (Lipinski definition) is 4. The van der Waals surface area contributed by atoms with Crippen LogP contribution in [0.5, 0.6) is 5.88 Å². The summed E-state index contributed by atoms with van der Waals surface area (Å²) in [5.41, 5.74) is -0.173. The summed E-state index contributed by atoms with van der Waals surface area (Å²) in [4.78, 5) is 11.6. The number of hydrogen-bond donors (Lipinski definition) is 0. The number of rotatable bonds is 8. The topological polar surface area (TPSA) is 53.4 Å². The normalized spacial score (nSPS) is 20.8. The molecule has 0 N–H and O–H groups in total. The van der Waals surface area contributed by atoms with E-state index in [4.69, 9.17) is 9.47 Å². The Morgan fingerprint density at radius 1 is 1.58 bits per heavy atom. The Morgan fingerprint density at radius 3 is 2.96 bits per heavy atom. The van der Waals surface area contributed by atoms with Gasteiger partial charge in [-0.15, -0.1) is 0 Å². The molecule has 24 heavy (non-hydrogen) atoms. The molecule has 132 valence electrons. The van der Waals surface area contributed by atoms with Crippen molar-refractivity contribution in [2.45, 2.75) is 13.3 Å². The quantitative estimate of drug-likeness (QED) is 0.287. The molecular formula is C17H21BrIN2O3-. The Morgan fingerprint density at radius 2 is 2.33 bits per heavy atom. The van der Waals surface area contributed by atoms with Gasteiger partial charge in [0.1, 0.15) is 0 Å². The molecule has 1 heterocycles. The maximum atomic E-state index is 11.6. The average molecular weight is 508 g/mol. The van der Waals surface area contributed by atoms with E-state index in [-0.39, 0.29) is 26.8 Å². The van der Waals surface area contributed by atoms with E-state index in [9.17, 15) is 4.79 Å². The number of aryl methyl sites for hydroxylation is 1. The summed E-state index contributed by atoms with van der Waals surface area (Å²) in [6, 6.07) is 1.62. The summed E-state index contributed by atoms with van der Waals surface area (Å²) in [6.07, 6.45) is 5.30. The van der Waals surface area contributed by atoms with E-state index in [1.54, 1.807) is 20.2 Å². The first-order valence-corrected chi connectivity index (χ1v) is 10.6. The van der Waals surface area contributed by atoms with Crippen molar-refractivity contribution < 1.29 is 30.7 Å². The van der Waals surface area contributed by atoms with E-state index in [2.05, 4.69) is 33.7 Å². The first-order valence-electron chi connectivity index (χ1n) is 7.49. The third kappa shape index (κ3) is 5.20. The van der Waals surface area contributed by atoms with Crippen LogP contribution >= 0.6 is 15.9 Å². The molecule has 1 unspecified atom stereocenters. The molecule has 2 rings (SSSR count). The second kappa shape index (κ2) is 8.84. The summed E-state index contributed by atoms with van der Waals surface area (Å²) in [5.74, 6) is 2.40. The van der Waals surface area contributed by atoms with Crippen LogP contribution in [0.2, 0.25) is 0 Å². The van der Waals surface area contributed by atoms with Crippen molar-refractivity contribution in [2.24, 2.45) is 18.9 Å². The number of methoxy groups -OCH3 is 1. The van der Waals surface area contributed by atoms with Crippen molar-refractivity contribution in [2.75, 3.05) is 13.7 Å². The van der Waals surface area contributed by atoms with Crippen LogP contribution in [0.15, 0.2) is 47.5 Å². The average Bonchev–Trinajstić information content (AvgIpc) is 3.33. The van der Waals surface area contributed by atoms with Gasteiger partial charge < -0.3 is 0 Å². The summed E-state index contributed by atoms with van der Waals surface area (Å²) >= 11 is 3.07. The standard InChI is InChI=1S/C17H21BrIN2O3/c1-5-19-15(7-6-11(2)23-4)13-8-12(13)10-24-16-9-14(18)17(22)21(3)20-16/h5-7,9,12-13H,1,8,10H2,2-4H3/q-1/b11-6+,15-7-/t12?,13-/m0/s1. The van der Waals surface area contributed by atoms with Crippen LogP contribution < -0.4 is 31.5 Å². The number of allylic oxidation sites excluding steroid dienone is 4. The van der Waals surface area contributed by atoms with Crippen molar-refractivity contribution in [1.82, 2.24) is 9.78 Å². The molecule has 5 nitrogen and oxygen atoms in total. The van der Waals surface area contributed by atoms with E-state index in [0.29, 0.717) is 28.8 Å². The van der Waals surface area contributed by atoms with Crippen LogP contribution in [0.3, 0.4) is 0 Å². The molecule has 1 aromatic heterocycles. The molecule has 0 aromatic carbocycles. The van der Waals surface area contributed by atoms with Gasteiger partial charge in [-0.25, -0.2) is 0 Å². The van der Waals surface area contributed by atoms with Gasteiger partial charge in [-0.3, -0.25) is 0 Å². The van der Waals surface area contributed by atoms with E-state index < -0.39 is 0 Å². The minimum atomic E-state index is -0.173. The zero-order chi connectivity index (χ0) is 17.7. The fourth-order valence-electron chi connectivity index (χ4n) is 2.17. The van der Waals surface area contributed by atoms with Crippen LogP contribution in [0.1, 0.15) is 13.3 Å². The third-order valence-corrected chi connectivity index (χ3v) is 6.61. The van der Waals surface area contributed by atoms with E-state index >= 15 is 0 Å². The first-order chi connectivity index (χ1) is 11.5. The van der Waals surface area contributed by atoms with Gasteiger partial charge in [-0.1, -0.05) is 0 Å². The Labute approximate surface area is 160 Å². The van der Waals surface area contributed by atoms with Crippen molar-refractivity contribution >= 4 is 15.9 Å². The Hall–Kier alpha value is -1.09. The molecule has 2 atom stereocenters. The molecule has 0 aliphatic heterocycles. The summed E-state index contributed by atoms with van der Waals surface area (Å²) in [7, 11) is 3.29. The molecule has 0 radical (unpaired) electrons. The van der Waals surface area contributed by atoms with Crippen molar-refractivity contribution in [3.63, 3.8) is 0 Å². The van der Waals surface area contributed by atoms with Crippen LogP contribution in [-0.4, -0.2) is 23.5 Å². The van der Waals surface area contributed by atoms with Gasteiger partial charge in [0.15, 0.2) is 0 Å². The van der Waals surface area contributed by atoms with Crippen LogP contribution in [-0.2, 0) is 11.8 Å². The van der Waals surface area contributed by atoms with E-state index in [0.717, 1.165) is 12.2 Å². The molecule has 1 aromatic rings. The summed E-state index contributed by atoms with van der Waals surface area (Å²) < 4.78 is 16.2. The van der Waals surface area contributed by atoms with Crippen LogP contribution in [0, 0.1) is 11.8 Å².